The number of aromatic nitrogens is 3. The molecule has 7 heteroatoms. The van der Waals surface area contributed by atoms with Gasteiger partial charge in [-0.2, -0.15) is 0 Å². The first-order valence-electron chi connectivity index (χ1n) is 8.96. The van der Waals surface area contributed by atoms with E-state index in [1.165, 1.54) is 16.7 Å². The molecule has 6 nitrogen and oxygen atoms in total. The Morgan fingerprint density at radius 1 is 1.00 bits per heavy atom. The van der Waals surface area contributed by atoms with Gasteiger partial charge in [0, 0.05) is 32.8 Å². The number of pyridine rings is 1. The number of aryl methyl sites for hydroxylation is 2. The highest BCUT2D eigenvalue weighted by Gasteiger charge is 2.05. The Balaban J connectivity index is 0.00000261. The van der Waals surface area contributed by atoms with Crippen molar-refractivity contribution in [3.63, 3.8) is 0 Å². The molecule has 0 saturated carbocycles. The van der Waals surface area contributed by atoms with Crippen LogP contribution in [0.25, 0.3) is 5.65 Å². The second-order valence-electron chi connectivity index (χ2n) is 6.47. The van der Waals surface area contributed by atoms with Crippen LogP contribution in [-0.2, 0) is 12.8 Å². The van der Waals surface area contributed by atoms with Crippen LogP contribution in [0.1, 0.15) is 22.5 Å². The van der Waals surface area contributed by atoms with Gasteiger partial charge in [-0.3, -0.25) is 9.39 Å². The van der Waals surface area contributed by atoms with Gasteiger partial charge in [-0.25, -0.2) is 0 Å². The summed E-state index contributed by atoms with van der Waals surface area (Å²) in [5.74, 6) is 1.75. The Kier molecular flexibility index (Phi) is 8.02. The van der Waals surface area contributed by atoms with Crippen molar-refractivity contribution in [2.24, 2.45) is 4.99 Å². The highest BCUT2D eigenvalue weighted by molar-refractivity contribution is 14.0. The van der Waals surface area contributed by atoms with Crippen LogP contribution < -0.4 is 10.6 Å². The van der Waals surface area contributed by atoms with Gasteiger partial charge in [-0.1, -0.05) is 35.4 Å². The van der Waals surface area contributed by atoms with Crippen molar-refractivity contribution in [3.8, 4) is 0 Å². The number of halogens is 1. The molecular weight excluding hydrogens is 451 g/mol. The van der Waals surface area contributed by atoms with E-state index >= 15 is 0 Å². The number of hydrogen-bond donors (Lipinski definition) is 2. The highest BCUT2D eigenvalue weighted by atomic mass is 127. The van der Waals surface area contributed by atoms with E-state index in [-0.39, 0.29) is 24.0 Å². The van der Waals surface area contributed by atoms with Crippen LogP contribution in [-0.4, -0.2) is 40.7 Å². The van der Waals surface area contributed by atoms with Crippen molar-refractivity contribution in [2.45, 2.75) is 26.7 Å². The van der Waals surface area contributed by atoms with Gasteiger partial charge < -0.3 is 10.6 Å². The first kappa shape index (κ1) is 21.1. The summed E-state index contributed by atoms with van der Waals surface area (Å²) >= 11 is 0. The minimum absolute atomic E-state index is 0. The maximum Gasteiger partial charge on any atom is 0.191 e. The van der Waals surface area contributed by atoms with Crippen LogP contribution >= 0.6 is 24.0 Å². The standard InChI is InChI=1S/C20H26N6.HI/c1-15-12-16(2)14-17(13-15)7-9-22-20(21-3)23-10-8-19-25-24-18-6-4-5-11-26(18)19;/h4-6,11-14H,7-10H2,1-3H3,(H2,21,22,23);1H. The van der Waals surface area contributed by atoms with Crippen LogP contribution in [0.2, 0.25) is 0 Å². The Morgan fingerprint density at radius 2 is 1.70 bits per heavy atom. The molecule has 27 heavy (non-hydrogen) atoms. The Bertz CT molecular complexity index is 882. The van der Waals surface area contributed by atoms with E-state index in [1.54, 1.807) is 7.05 Å². The SMILES string of the molecule is CN=C(NCCc1cc(C)cc(C)c1)NCCc1nnc2ccccn12.I. The van der Waals surface area contributed by atoms with Crippen molar-refractivity contribution in [1.29, 1.82) is 0 Å². The summed E-state index contributed by atoms with van der Waals surface area (Å²) in [7, 11) is 1.79. The molecule has 144 valence electrons. The lowest BCUT2D eigenvalue weighted by atomic mass is 10.1. The fraction of sp³-hybridized carbons (Fsp3) is 0.350. The predicted octanol–water partition coefficient (Wildman–Crippen LogP) is 2.91. The normalized spacial score (nSPS) is 11.3. The summed E-state index contributed by atoms with van der Waals surface area (Å²) in [5, 5.41) is 15.1. The molecule has 0 spiro atoms. The second kappa shape index (κ2) is 10.2. The third kappa shape index (κ3) is 5.92. The molecule has 2 heterocycles. The van der Waals surface area contributed by atoms with Gasteiger partial charge in [-0.05, 0) is 38.0 Å². The van der Waals surface area contributed by atoms with Crippen LogP contribution in [0, 0.1) is 13.8 Å². The van der Waals surface area contributed by atoms with Gasteiger partial charge in [-0.15, -0.1) is 34.2 Å². The molecular formula is C20H27IN6. The summed E-state index contributed by atoms with van der Waals surface area (Å²) in [4.78, 5) is 4.29. The lowest BCUT2D eigenvalue weighted by molar-refractivity contribution is 0.756. The lowest BCUT2D eigenvalue weighted by Gasteiger charge is -2.12. The first-order valence-corrected chi connectivity index (χ1v) is 8.96. The van der Waals surface area contributed by atoms with Crippen molar-refractivity contribution in [2.75, 3.05) is 20.1 Å². The number of guanidine groups is 1. The maximum atomic E-state index is 4.29. The van der Waals surface area contributed by atoms with E-state index in [1.807, 2.05) is 28.8 Å². The summed E-state index contributed by atoms with van der Waals surface area (Å²) < 4.78 is 2.01. The molecule has 0 aliphatic rings. The van der Waals surface area contributed by atoms with Crippen LogP contribution in [0.3, 0.4) is 0 Å². The molecule has 3 aromatic rings. The van der Waals surface area contributed by atoms with Crippen LogP contribution in [0.15, 0.2) is 47.6 Å². The van der Waals surface area contributed by atoms with Crippen molar-refractivity contribution < 1.29 is 0 Å². The molecule has 2 N–H and O–H groups in total. The molecule has 1 aromatic carbocycles. The molecule has 0 aliphatic carbocycles. The fourth-order valence-electron chi connectivity index (χ4n) is 3.11. The molecule has 2 aromatic heterocycles. The number of rotatable bonds is 6. The number of nitrogens with one attached hydrogen (secondary N) is 2. The lowest BCUT2D eigenvalue weighted by Crippen LogP contribution is -2.39. The number of hydrogen-bond acceptors (Lipinski definition) is 3. The highest BCUT2D eigenvalue weighted by Crippen LogP contribution is 2.09. The van der Waals surface area contributed by atoms with E-state index in [9.17, 15) is 0 Å². The molecule has 3 rings (SSSR count). The van der Waals surface area contributed by atoms with Gasteiger partial charge in [0.2, 0.25) is 0 Å². The van der Waals surface area contributed by atoms with Crippen molar-refractivity contribution in [3.05, 3.63) is 65.1 Å². The van der Waals surface area contributed by atoms with E-state index in [0.717, 1.165) is 43.4 Å². The smallest absolute Gasteiger partial charge is 0.191 e. The summed E-state index contributed by atoms with van der Waals surface area (Å²) in [6.45, 7) is 5.87. The van der Waals surface area contributed by atoms with E-state index in [0.29, 0.717) is 0 Å². The fourth-order valence-corrected chi connectivity index (χ4v) is 3.11. The molecule has 0 amide bonds. The van der Waals surface area contributed by atoms with Gasteiger partial charge in [0.1, 0.15) is 5.82 Å². The average Bonchev–Trinajstić information content (AvgIpc) is 3.03. The topological polar surface area (TPSA) is 66.6 Å². The monoisotopic (exact) mass is 478 g/mol. The van der Waals surface area contributed by atoms with E-state index < -0.39 is 0 Å². The number of nitrogens with zero attached hydrogens (tertiary/aromatic N) is 4. The third-order valence-electron chi connectivity index (χ3n) is 4.24. The summed E-state index contributed by atoms with van der Waals surface area (Å²) in [5.41, 5.74) is 4.84. The quantitative estimate of drug-likeness (QED) is 0.325. The number of fused-ring (bicyclic) bond motifs is 1. The molecule has 0 radical (unpaired) electrons. The Morgan fingerprint density at radius 3 is 2.41 bits per heavy atom. The Hall–Kier alpha value is -2.16. The molecule has 0 saturated heterocycles. The van der Waals surface area contributed by atoms with Crippen molar-refractivity contribution >= 4 is 35.6 Å². The molecule has 0 bridgehead atoms. The predicted molar refractivity (Wildman–Crippen MR) is 121 cm³/mol. The van der Waals surface area contributed by atoms with E-state index in [2.05, 4.69) is 57.9 Å². The van der Waals surface area contributed by atoms with Crippen LogP contribution in [0.4, 0.5) is 0 Å². The van der Waals surface area contributed by atoms with Gasteiger partial charge in [0.15, 0.2) is 11.6 Å². The minimum atomic E-state index is 0. The van der Waals surface area contributed by atoms with Gasteiger partial charge in [0.25, 0.3) is 0 Å². The molecule has 0 aliphatic heterocycles. The van der Waals surface area contributed by atoms with E-state index in [4.69, 9.17) is 0 Å². The molecule has 0 fully saturated rings. The minimum Gasteiger partial charge on any atom is -0.356 e. The van der Waals surface area contributed by atoms with Crippen molar-refractivity contribution in [1.82, 2.24) is 25.2 Å². The van der Waals surface area contributed by atoms with Gasteiger partial charge in [0.05, 0.1) is 0 Å². The zero-order valence-corrected chi connectivity index (χ0v) is 18.4. The zero-order valence-electron chi connectivity index (χ0n) is 16.1. The molecule has 0 atom stereocenters. The maximum absolute atomic E-state index is 4.29. The number of aliphatic imine (C=N–C) groups is 1. The summed E-state index contributed by atoms with van der Waals surface area (Å²) in [6, 6.07) is 12.6. The number of benzene rings is 1. The second-order valence-corrected chi connectivity index (χ2v) is 6.47. The molecule has 0 unspecified atom stereocenters. The Labute approximate surface area is 177 Å². The van der Waals surface area contributed by atoms with Gasteiger partial charge >= 0.3 is 0 Å². The average molecular weight is 478 g/mol. The first-order chi connectivity index (χ1) is 12.7. The largest absolute Gasteiger partial charge is 0.356 e. The van der Waals surface area contributed by atoms with Crippen LogP contribution in [0.5, 0.6) is 0 Å². The third-order valence-corrected chi connectivity index (χ3v) is 4.24. The summed E-state index contributed by atoms with van der Waals surface area (Å²) in [6.07, 6.45) is 3.74. The zero-order chi connectivity index (χ0) is 18.4.